The number of aryl methyl sites for hydroxylation is 3. The van der Waals surface area contributed by atoms with Gasteiger partial charge in [0, 0.05) is 5.56 Å². The monoisotopic (exact) mass is 331 g/mol. The molecule has 23 heavy (non-hydrogen) atoms. The summed E-state index contributed by atoms with van der Waals surface area (Å²) in [4.78, 5) is 11.7. The Bertz CT molecular complexity index is 715. The van der Waals surface area contributed by atoms with Crippen LogP contribution in [0, 0.1) is 20.8 Å². The molecule has 0 heterocycles. The third kappa shape index (κ3) is 4.27. The van der Waals surface area contributed by atoms with Crippen molar-refractivity contribution in [1.82, 2.24) is 0 Å². The highest BCUT2D eigenvalue weighted by atomic mass is 32.2. The van der Waals surface area contributed by atoms with E-state index in [4.69, 9.17) is 4.74 Å². The molecule has 1 N–H and O–H groups in total. The Kier molecular flexibility index (Phi) is 5.69. The summed E-state index contributed by atoms with van der Waals surface area (Å²) in [5.74, 6) is 0.794. The Balaban J connectivity index is 2.24. The summed E-state index contributed by atoms with van der Waals surface area (Å²) >= 11 is 0.957. The van der Waals surface area contributed by atoms with Gasteiger partial charge in [0.15, 0.2) is 0 Å². The first-order valence-electron chi connectivity index (χ1n) is 7.29. The van der Waals surface area contributed by atoms with Crippen molar-refractivity contribution in [3.05, 3.63) is 58.7 Å². The van der Waals surface area contributed by atoms with E-state index < -0.39 is 5.24 Å². The lowest BCUT2D eigenvalue weighted by molar-refractivity contribution is 0.223. The van der Waals surface area contributed by atoms with Gasteiger partial charge in [0.05, 0.1) is 5.69 Å². The van der Waals surface area contributed by atoms with E-state index in [1.807, 2.05) is 45.0 Å². The molecule has 0 spiro atoms. The molecule has 122 valence electrons. The molecule has 4 nitrogen and oxygen atoms in total. The topological polar surface area (TPSA) is 49.8 Å². The number of hydroxylamine groups is 1. The van der Waals surface area contributed by atoms with Crippen molar-refractivity contribution in [2.45, 2.75) is 27.4 Å². The molecule has 1 amide bonds. The molecule has 0 saturated heterocycles. The number of hydrogen-bond donors (Lipinski definition) is 1. The van der Waals surface area contributed by atoms with Crippen LogP contribution in [0.3, 0.4) is 0 Å². The van der Waals surface area contributed by atoms with Crippen LogP contribution in [-0.2, 0) is 6.61 Å². The van der Waals surface area contributed by atoms with Crippen LogP contribution in [0.5, 0.6) is 5.75 Å². The Morgan fingerprint density at radius 1 is 1.13 bits per heavy atom. The quantitative estimate of drug-likeness (QED) is 0.641. The van der Waals surface area contributed by atoms with E-state index in [1.54, 1.807) is 12.3 Å². The van der Waals surface area contributed by atoms with Gasteiger partial charge >= 0.3 is 5.24 Å². The number of amides is 1. The first-order valence-corrected chi connectivity index (χ1v) is 8.51. The summed E-state index contributed by atoms with van der Waals surface area (Å²) in [6.07, 6.45) is 1.63. The van der Waals surface area contributed by atoms with Gasteiger partial charge in [-0.15, -0.1) is 0 Å². The smallest absolute Gasteiger partial charge is 0.309 e. The van der Waals surface area contributed by atoms with Gasteiger partial charge in [0.2, 0.25) is 0 Å². The zero-order chi connectivity index (χ0) is 17.0. The second-order valence-corrected chi connectivity index (χ2v) is 6.23. The predicted octanol–water partition coefficient (Wildman–Crippen LogP) is 4.87. The number of rotatable bonds is 4. The minimum absolute atomic E-state index is 0.276. The number of anilines is 1. The van der Waals surface area contributed by atoms with E-state index in [9.17, 15) is 10.0 Å². The summed E-state index contributed by atoms with van der Waals surface area (Å²) in [6, 6.07) is 11.6. The molecule has 2 aromatic rings. The average Bonchev–Trinajstić information content (AvgIpc) is 2.53. The molecule has 0 atom stereocenters. The second kappa shape index (κ2) is 7.53. The zero-order valence-corrected chi connectivity index (χ0v) is 14.6. The molecule has 0 bridgehead atoms. The van der Waals surface area contributed by atoms with E-state index in [-0.39, 0.29) is 6.61 Å². The zero-order valence-electron chi connectivity index (χ0n) is 13.8. The lowest BCUT2D eigenvalue weighted by atomic mass is 10.1. The van der Waals surface area contributed by atoms with Gasteiger partial charge in [-0.1, -0.05) is 41.6 Å². The minimum Gasteiger partial charge on any atom is -0.489 e. The van der Waals surface area contributed by atoms with Crippen LogP contribution in [0.1, 0.15) is 22.3 Å². The first-order chi connectivity index (χ1) is 10.9. The molecule has 0 unspecified atom stereocenters. The average molecular weight is 331 g/mol. The van der Waals surface area contributed by atoms with Crippen molar-refractivity contribution >= 4 is 22.7 Å². The third-order valence-corrected chi connectivity index (χ3v) is 4.05. The number of carbonyl (C=O) groups excluding carboxylic acids is 1. The van der Waals surface area contributed by atoms with Crippen LogP contribution in [0.4, 0.5) is 10.5 Å². The van der Waals surface area contributed by atoms with Crippen molar-refractivity contribution < 1.29 is 14.7 Å². The molecule has 0 radical (unpaired) electrons. The number of nitrogens with zero attached hydrogens (tertiary/aromatic N) is 1. The van der Waals surface area contributed by atoms with Gasteiger partial charge in [0.25, 0.3) is 0 Å². The van der Waals surface area contributed by atoms with Gasteiger partial charge in [-0.3, -0.25) is 10.0 Å². The van der Waals surface area contributed by atoms with Crippen LogP contribution in [-0.4, -0.2) is 16.7 Å². The molecule has 5 heteroatoms. The van der Waals surface area contributed by atoms with Gasteiger partial charge in [-0.2, -0.15) is 5.06 Å². The Morgan fingerprint density at radius 2 is 1.78 bits per heavy atom. The number of ether oxygens (including phenoxy) is 1. The van der Waals surface area contributed by atoms with Crippen LogP contribution in [0.2, 0.25) is 0 Å². The normalized spacial score (nSPS) is 10.5. The maximum atomic E-state index is 11.7. The van der Waals surface area contributed by atoms with E-state index in [1.165, 1.54) is 5.56 Å². The molecular weight excluding hydrogens is 310 g/mol. The van der Waals surface area contributed by atoms with Gasteiger partial charge in [0.1, 0.15) is 12.4 Å². The fraction of sp³-hybridized carbons (Fsp3) is 0.278. The van der Waals surface area contributed by atoms with E-state index in [0.29, 0.717) is 10.8 Å². The molecule has 0 saturated carbocycles. The molecule has 0 aliphatic carbocycles. The van der Waals surface area contributed by atoms with Crippen molar-refractivity contribution in [1.29, 1.82) is 0 Å². The van der Waals surface area contributed by atoms with Crippen molar-refractivity contribution in [2.75, 3.05) is 11.3 Å². The second-order valence-electron chi connectivity index (χ2n) is 5.47. The Labute approximate surface area is 141 Å². The summed E-state index contributed by atoms with van der Waals surface area (Å²) in [5, 5.41) is 10.3. The van der Waals surface area contributed by atoms with Crippen LogP contribution in [0.15, 0.2) is 36.4 Å². The predicted molar refractivity (Wildman–Crippen MR) is 94.6 cm³/mol. The van der Waals surface area contributed by atoms with E-state index in [0.717, 1.165) is 34.2 Å². The highest BCUT2D eigenvalue weighted by molar-refractivity contribution is 8.13. The first kappa shape index (κ1) is 17.4. The van der Waals surface area contributed by atoms with Crippen LogP contribution >= 0.6 is 11.8 Å². The lowest BCUT2D eigenvalue weighted by Gasteiger charge is -2.19. The minimum atomic E-state index is -0.427. The van der Waals surface area contributed by atoms with Crippen molar-refractivity contribution in [2.24, 2.45) is 0 Å². The Hall–Kier alpha value is -1.98. The number of hydrogen-bond acceptors (Lipinski definition) is 4. The summed E-state index contributed by atoms with van der Waals surface area (Å²) in [7, 11) is 0. The summed E-state index contributed by atoms with van der Waals surface area (Å²) in [6.45, 7) is 6.22. The molecule has 0 aliphatic rings. The van der Waals surface area contributed by atoms with E-state index in [2.05, 4.69) is 6.07 Å². The SMILES string of the molecule is CSC(=O)N(O)c1cc(C)ccc1COc1ccc(C)cc1C. The molecular formula is C18H21NO3S. The number of carbonyl (C=O) groups is 1. The molecule has 0 aliphatic heterocycles. The molecule has 0 aromatic heterocycles. The summed E-state index contributed by atoms with van der Waals surface area (Å²) in [5.41, 5.74) is 4.40. The van der Waals surface area contributed by atoms with Crippen molar-refractivity contribution in [3.63, 3.8) is 0 Å². The molecule has 0 fully saturated rings. The van der Waals surface area contributed by atoms with Crippen LogP contribution < -0.4 is 9.80 Å². The number of thioether (sulfide) groups is 1. The Morgan fingerprint density at radius 3 is 2.43 bits per heavy atom. The molecule has 2 aromatic carbocycles. The maximum absolute atomic E-state index is 11.7. The summed E-state index contributed by atoms with van der Waals surface area (Å²) < 4.78 is 5.87. The van der Waals surface area contributed by atoms with Crippen LogP contribution in [0.25, 0.3) is 0 Å². The fourth-order valence-electron chi connectivity index (χ4n) is 2.29. The number of benzene rings is 2. The largest absolute Gasteiger partial charge is 0.489 e. The molecule has 2 rings (SSSR count). The van der Waals surface area contributed by atoms with E-state index >= 15 is 0 Å². The highest BCUT2D eigenvalue weighted by Gasteiger charge is 2.16. The van der Waals surface area contributed by atoms with Crippen molar-refractivity contribution in [3.8, 4) is 5.75 Å². The highest BCUT2D eigenvalue weighted by Crippen LogP contribution is 2.26. The van der Waals surface area contributed by atoms with Gasteiger partial charge in [-0.25, -0.2) is 0 Å². The fourth-order valence-corrected chi connectivity index (χ4v) is 2.57. The van der Waals surface area contributed by atoms with Gasteiger partial charge in [-0.05, 0) is 50.3 Å². The van der Waals surface area contributed by atoms with Gasteiger partial charge < -0.3 is 4.74 Å². The third-order valence-electron chi connectivity index (χ3n) is 3.53. The standard InChI is InChI=1S/C18H21NO3S/c1-12-6-8-17(14(3)9-12)22-11-15-7-5-13(2)10-16(15)19(21)18(20)23-4/h5-10,21H,11H2,1-4H3. The maximum Gasteiger partial charge on any atom is 0.309 e. The lowest BCUT2D eigenvalue weighted by Crippen LogP contribution is -2.24.